The van der Waals surface area contributed by atoms with Crippen LogP contribution >= 0.6 is 0 Å². The van der Waals surface area contributed by atoms with Gasteiger partial charge in [-0.15, -0.1) is 0 Å². The van der Waals surface area contributed by atoms with Gasteiger partial charge in [-0.05, 0) is 19.4 Å². The molecule has 126 valence electrons. The number of likely N-dealkylation sites (N-methyl/N-ethyl adjacent to an activating group) is 2. The van der Waals surface area contributed by atoms with Crippen molar-refractivity contribution in [1.82, 2.24) is 15.5 Å². The van der Waals surface area contributed by atoms with Crippen molar-refractivity contribution in [3.63, 3.8) is 0 Å². The van der Waals surface area contributed by atoms with E-state index >= 15 is 0 Å². The van der Waals surface area contributed by atoms with Crippen LogP contribution in [0.4, 0.5) is 0 Å². The number of aliphatic carboxylic acids is 1. The van der Waals surface area contributed by atoms with Crippen LogP contribution in [0.5, 0.6) is 0 Å². The van der Waals surface area contributed by atoms with Crippen LogP contribution in [0.3, 0.4) is 0 Å². The molecule has 0 rings (SSSR count). The Hall–Kier alpha value is -1.89. The highest BCUT2D eigenvalue weighted by Gasteiger charge is 2.34. The highest BCUT2D eigenvalue weighted by Crippen LogP contribution is 2.21. The lowest BCUT2D eigenvalue weighted by molar-refractivity contribution is -0.137. The summed E-state index contributed by atoms with van der Waals surface area (Å²) < 4.78 is 0. The fourth-order valence-corrected chi connectivity index (χ4v) is 1.69. The largest absolute Gasteiger partial charge is 0.478 e. The normalized spacial score (nSPS) is 13.5. The van der Waals surface area contributed by atoms with E-state index in [-0.39, 0.29) is 30.5 Å². The van der Waals surface area contributed by atoms with Crippen LogP contribution in [0.1, 0.15) is 27.7 Å². The number of hydrogen-bond acceptors (Lipinski definition) is 4. The third-order valence-corrected chi connectivity index (χ3v) is 3.14. The lowest BCUT2D eigenvalue weighted by Gasteiger charge is -2.33. The molecular weight excluding hydrogens is 286 g/mol. The highest BCUT2D eigenvalue weighted by molar-refractivity contribution is 5.89. The van der Waals surface area contributed by atoms with Crippen molar-refractivity contribution in [3.05, 3.63) is 11.6 Å². The van der Waals surface area contributed by atoms with Crippen molar-refractivity contribution < 1.29 is 19.5 Å². The second kappa shape index (κ2) is 8.53. The SMILES string of the molecule is CNCC(=O)N[C@H](C(=O)N(C)C/C=C(\C)C(=O)O)C(C)(C)C. The van der Waals surface area contributed by atoms with E-state index < -0.39 is 17.4 Å². The molecule has 0 aromatic heterocycles. The van der Waals surface area contributed by atoms with Gasteiger partial charge in [0.05, 0.1) is 6.54 Å². The molecule has 0 radical (unpaired) electrons. The zero-order chi connectivity index (χ0) is 17.5. The van der Waals surface area contributed by atoms with Gasteiger partial charge in [0.15, 0.2) is 0 Å². The van der Waals surface area contributed by atoms with Gasteiger partial charge in [0, 0.05) is 19.2 Å². The Morgan fingerprint density at radius 1 is 1.27 bits per heavy atom. The third-order valence-electron chi connectivity index (χ3n) is 3.14. The van der Waals surface area contributed by atoms with E-state index in [0.29, 0.717) is 0 Å². The van der Waals surface area contributed by atoms with Crippen molar-refractivity contribution in [2.75, 3.05) is 27.2 Å². The van der Waals surface area contributed by atoms with E-state index in [1.165, 1.54) is 17.9 Å². The molecule has 0 aromatic rings. The van der Waals surface area contributed by atoms with Gasteiger partial charge in [0.1, 0.15) is 6.04 Å². The molecule has 0 saturated carbocycles. The Bertz CT molecular complexity index is 452. The van der Waals surface area contributed by atoms with E-state index in [1.54, 1.807) is 14.1 Å². The summed E-state index contributed by atoms with van der Waals surface area (Å²) in [6, 6.07) is -0.683. The van der Waals surface area contributed by atoms with Crippen molar-refractivity contribution in [2.24, 2.45) is 5.41 Å². The Labute approximate surface area is 131 Å². The summed E-state index contributed by atoms with van der Waals surface area (Å²) in [5, 5.41) is 14.3. The molecule has 22 heavy (non-hydrogen) atoms. The predicted octanol–water partition coefficient (Wildman–Crippen LogP) is 0.226. The molecule has 1 atom stereocenters. The van der Waals surface area contributed by atoms with Gasteiger partial charge in [-0.1, -0.05) is 26.8 Å². The smallest absolute Gasteiger partial charge is 0.331 e. The molecule has 0 heterocycles. The number of carboxylic acids is 1. The van der Waals surface area contributed by atoms with Crippen LogP contribution in [-0.2, 0) is 14.4 Å². The van der Waals surface area contributed by atoms with Crippen molar-refractivity contribution in [2.45, 2.75) is 33.7 Å². The number of rotatable bonds is 7. The van der Waals surface area contributed by atoms with Crippen LogP contribution < -0.4 is 10.6 Å². The first-order valence-electron chi connectivity index (χ1n) is 7.09. The number of carbonyl (C=O) groups is 3. The summed E-state index contributed by atoms with van der Waals surface area (Å²) >= 11 is 0. The van der Waals surface area contributed by atoms with E-state index in [4.69, 9.17) is 5.11 Å². The Morgan fingerprint density at radius 2 is 1.82 bits per heavy atom. The second-order valence-corrected chi connectivity index (χ2v) is 6.31. The lowest BCUT2D eigenvalue weighted by atomic mass is 9.85. The van der Waals surface area contributed by atoms with Crippen molar-refractivity contribution in [1.29, 1.82) is 0 Å². The number of nitrogens with zero attached hydrogens (tertiary/aromatic N) is 1. The summed E-state index contributed by atoms with van der Waals surface area (Å²) in [5.41, 5.74) is -0.286. The minimum absolute atomic E-state index is 0.127. The number of carbonyl (C=O) groups excluding carboxylic acids is 2. The summed E-state index contributed by atoms with van der Waals surface area (Å²) in [6.45, 7) is 7.35. The Morgan fingerprint density at radius 3 is 2.23 bits per heavy atom. The predicted molar refractivity (Wildman–Crippen MR) is 84.3 cm³/mol. The summed E-state index contributed by atoms with van der Waals surface area (Å²) in [6.07, 6.45) is 1.47. The molecule has 0 bridgehead atoms. The van der Waals surface area contributed by atoms with E-state index in [2.05, 4.69) is 10.6 Å². The average molecular weight is 313 g/mol. The van der Waals surface area contributed by atoms with Gasteiger partial charge in [0.2, 0.25) is 11.8 Å². The van der Waals surface area contributed by atoms with Crippen LogP contribution in [0.15, 0.2) is 11.6 Å². The molecule has 2 amide bonds. The number of carboxylic acid groups (broad SMARTS) is 1. The molecule has 0 fully saturated rings. The van der Waals surface area contributed by atoms with Gasteiger partial charge in [-0.25, -0.2) is 4.79 Å². The maximum Gasteiger partial charge on any atom is 0.331 e. The molecule has 0 spiro atoms. The molecule has 0 aliphatic heterocycles. The second-order valence-electron chi connectivity index (χ2n) is 6.31. The Kier molecular flexibility index (Phi) is 7.80. The Balaban J connectivity index is 5.00. The number of nitrogens with one attached hydrogen (secondary N) is 2. The van der Waals surface area contributed by atoms with Crippen molar-refractivity contribution >= 4 is 17.8 Å². The summed E-state index contributed by atoms with van der Waals surface area (Å²) in [4.78, 5) is 36.4. The zero-order valence-corrected chi connectivity index (χ0v) is 14.2. The number of amides is 2. The van der Waals surface area contributed by atoms with Crippen molar-refractivity contribution in [3.8, 4) is 0 Å². The quantitative estimate of drug-likeness (QED) is 0.584. The highest BCUT2D eigenvalue weighted by atomic mass is 16.4. The molecule has 0 aliphatic rings. The van der Waals surface area contributed by atoms with Gasteiger partial charge in [0.25, 0.3) is 0 Å². The van der Waals surface area contributed by atoms with Gasteiger partial charge in [-0.2, -0.15) is 0 Å². The zero-order valence-electron chi connectivity index (χ0n) is 14.2. The average Bonchev–Trinajstić information content (AvgIpc) is 2.39. The first-order valence-corrected chi connectivity index (χ1v) is 7.09. The van der Waals surface area contributed by atoms with Crippen LogP contribution in [0.2, 0.25) is 0 Å². The summed E-state index contributed by atoms with van der Waals surface area (Å²) in [5.74, 6) is -1.54. The standard InChI is InChI=1S/C15H27N3O4/c1-10(14(21)22)7-8-18(6)13(20)12(15(2,3)4)17-11(19)9-16-5/h7,12,16H,8-9H2,1-6H3,(H,17,19)(H,21,22)/b10-7+/t12-/m1/s1. The maximum absolute atomic E-state index is 12.5. The van der Waals surface area contributed by atoms with E-state index in [9.17, 15) is 14.4 Å². The van der Waals surface area contributed by atoms with Crippen LogP contribution in [0, 0.1) is 5.41 Å². The maximum atomic E-state index is 12.5. The number of hydrogen-bond donors (Lipinski definition) is 3. The molecule has 0 aliphatic carbocycles. The molecular formula is C15H27N3O4. The molecule has 7 nitrogen and oxygen atoms in total. The fourth-order valence-electron chi connectivity index (χ4n) is 1.69. The minimum Gasteiger partial charge on any atom is -0.478 e. The fraction of sp³-hybridized carbons (Fsp3) is 0.667. The van der Waals surface area contributed by atoms with Gasteiger partial charge in [-0.3, -0.25) is 9.59 Å². The summed E-state index contributed by atoms with van der Waals surface area (Å²) in [7, 11) is 3.23. The molecule has 3 N–H and O–H groups in total. The van der Waals surface area contributed by atoms with Gasteiger partial charge >= 0.3 is 5.97 Å². The van der Waals surface area contributed by atoms with E-state index in [0.717, 1.165) is 0 Å². The molecule has 0 saturated heterocycles. The first-order chi connectivity index (χ1) is 10.0. The third kappa shape index (κ3) is 6.71. The van der Waals surface area contributed by atoms with E-state index in [1.807, 2.05) is 20.8 Å². The lowest BCUT2D eigenvalue weighted by Crippen LogP contribution is -2.55. The molecule has 0 aromatic carbocycles. The topological polar surface area (TPSA) is 98.7 Å². The van der Waals surface area contributed by atoms with Gasteiger partial charge < -0.3 is 20.6 Å². The van der Waals surface area contributed by atoms with Crippen LogP contribution in [-0.4, -0.2) is 61.0 Å². The van der Waals surface area contributed by atoms with Crippen LogP contribution in [0.25, 0.3) is 0 Å². The minimum atomic E-state index is -1.02. The molecule has 7 heteroatoms. The monoisotopic (exact) mass is 313 g/mol. The molecule has 0 unspecified atom stereocenters. The first kappa shape index (κ1) is 20.1.